The van der Waals surface area contributed by atoms with Crippen LogP contribution in [0.3, 0.4) is 0 Å². The van der Waals surface area contributed by atoms with Crippen molar-refractivity contribution < 1.29 is 4.79 Å². The Kier molecular flexibility index (Phi) is 2.48. The molecule has 1 aromatic rings. The normalized spacial score (nSPS) is 21.4. The molecule has 2 N–H and O–H groups in total. The van der Waals surface area contributed by atoms with Crippen molar-refractivity contribution >= 4 is 11.6 Å². The number of carbonyl (C=O) groups excluding carboxylic acids is 1. The minimum absolute atomic E-state index is 0.0118. The molecule has 0 bridgehead atoms. The van der Waals surface area contributed by atoms with Gasteiger partial charge in [0.1, 0.15) is 0 Å². The van der Waals surface area contributed by atoms with Gasteiger partial charge in [0.15, 0.2) is 0 Å². The van der Waals surface area contributed by atoms with E-state index in [1.807, 2.05) is 20.2 Å². The molecular formula is C10H16N4O. The molecule has 0 spiro atoms. The van der Waals surface area contributed by atoms with Crippen LogP contribution in [0.5, 0.6) is 0 Å². The number of aromatic nitrogens is 2. The summed E-state index contributed by atoms with van der Waals surface area (Å²) in [5.41, 5.74) is 7.56. The Labute approximate surface area is 88.8 Å². The molecule has 5 heteroatoms. The van der Waals surface area contributed by atoms with Gasteiger partial charge in [-0.25, -0.2) is 0 Å². The van der Waals surface area contributed by atoms with Crippen molar-refractivity contribution in [3.05, 3.63) is 11.9 Å². The zero-order valence-electron chi connectivity index (χ0n) is 9.10. The van der Waals surface area contributed by atoms with Gasteiger partial charge in [-0.05, 0) is 12.8 Å². The topological polar surface area (TPSA) is 64.2 Å². The highest BCUT2D eigenvalue weighted by Crippen LogP contribution is 2.24. The van der Waals surface area contributed by atoms with Crippen LogP contribution in [-0.4, -0.2) is 28.3 Å². The maximum absolute atomic E-state index is 11.7. The molecule has 1 unspecified atom stereocenters. The van der Waals surface area contributed by atoms with Crippen molar-refractivity contribution in [2.75, 3.05) is 11.4 Å². The van der Waals surface area contributed by atoms with Crippen LogP contribution in [0.25, 0.3) is 0 Å². The van der Waals surface area contributed by atoms with E-state index in [0.717, 1.165) is 24.2 Å². The van der Waals surface area contributed by atoms with Crippen LogP contribution >= 0.6 is 0 Å². The Morgan fingerprint density at radius 2 is 2.40 bits per heavy atom. The minimum Gasteiger partial charge on any atom is -0.320 e. The van der Waals surface area contributed by atoms with Crippen LogP contribution in [0.4, 0.5) is 5.69 Å². The van der Waals surface area contributed by atoms with Gasteiger partial charge in [0, 0.05) is 19.8 Å². The molecule has 0 aromatic carbocycles. The van der Waals surface area contributed by atoms with Gasteiger partial charge in [0.25, 0.3) is 0 Å². The Morgan fingerprint density at radius 1 is 1.67 bits per heavy atom. The lowest BCUT2D eigenvalue weighted by Crippen LogP contribution is -2.34. The summed E-state index contributed by atoms with van der Waals surface area (Å²) in [6, 6.07) is -0.338. The van der Waals surface area contributed by atoms with Crippen LogP contribution in [-0.2, 0) is 18.3 Å². The zero-order valence-corrected chi connectivity index (χ0v) is 9.10. The Bertz CT molecular complexity index is 385. The highest BCUT2D eigenvalue weighted by molar-refractivity contribution is 5.99. The quantitative estimate of drug-likeness (QED) is 0.746. The second-order valence-electron chi connectivity index (χ2n) is 3.87. The highest BCUT2D eigenvalue weighted by Gasteiger charge is 2.31. The third kappa shape index (κ3) is 1.63. The molecule has 0 aliphatic carbocycles. The van der Waals surface area contributed by atoms with Gasteiger partial charge in [-0.2, -0.15) is 5.10 Å². The van der Waals surface area contributed by atoms with E-state index in [2.05, 4.69) is 5.10 Å². The first-order chi connectivity index (χ1) is 7.13. The van der Waals surface area contributed by atoms with Gasteiger partial charge >= 0.3 is 0 Å². The first-order valence-electron chi connectivity index (χ1n) is 5.23. The lowest BCUT2D eigenvalue weighted by Gasteiger charge is -2.14. The van der Waals surface area contributed by atoms with Crippen molar-refractivity contribution in [2.24, 2.45) is 12.8 Å². The molecule has 1 aliphatic heterocycles. The molecular weight excluding hydrogens is 192 g/mol. The van der Waals surface area contributed by atoms with E-state index in [4.69, 9.17) is 5.73 Å². The van der Waals surface area contributed by atoms with E-state index in [0.29, 0.717) is 6.54 Å². The molecule has 2 rings (SSSR count). The van der Waals surface area contributed by atoms with E-state index in [1.54, 1.807) is 9.58 Å². The monoisotopic (exact) mass is 208 g/mol. The average Bonchev–Trinajstić information content (AvgIpc) is 2.72. The van der Waals surface area contributed by atoms with E-state index in [9.17, 15) is 4.79 Å². The molecule has 1 amide bonds. The summed E-state index contributed by atoms with van der Waals surface area (Å²) in [6.07, 6.45) is 3.45. The lowest BCUT2D eigenvalue weighted by molar-refractivity contribution is -0.118. The molecule has 1 aliphatic rings. The summed E-state index contributed by atoms with van der Waals surface area (Å²) in [7, 11) is 1.86. The van der Waals surface area contributed by atoms with Crippen molar-refractivity contribution in [2.45, 2.75) is 25.8 Å². The zero-order chi connectivity index (χ0) is 11.0. The van der Waals surface area contributed by atoms with Crippen molar-refractivity contribution in [1.29, 1.82) is 0 Å². The van der Waals surface area contributed by atoms with Gasteiger partial charge in [-0.3, -0.25) is 9.48 Å². The Hall–Kier alpha value is -1.36. The number of nitrogens with zero attached hydrogens (tertiary/aromatic N) is 3. The fourth-order valence-corrected chi connectivity index (χ4v) is 1.94. The maximum Gasteiger partial charge on any atom is 0.244 e. The number of carbonyl (C=O) groups is 1. The van der Waals surface area contributed by atoms with E-state index < -0.39 is 0 Å². The largest absolute Gasteiger partial charge is 0.320 e. The molecule has 5 nitrogen and oxygen atoms in total. The Balaban J connectivity index is 2.33. The predicted octanol–water partition coefficient (Wildman–Crippen LogP) is 0.0465. The van der Waals surface area contributed by atoms with Crippen LogP contribution in [0, 0.1) is 0 Å². The summed E-state index contributed by atoms with van der Waals surface area (Å²) in [5, 5.41) is 4.32. The SMILES string of the molecule is CCc1nn(C)cc1N1CCC(N)C1=O. The number of hydrogen-bond donors (Lipinski definition) is 1. The van der Waals surface area contributed by atoms with Crippen LogP contribution in [0.2, 0.25) is 0 Å². The number of aryl methyl sites for hydroxylation is 2. The third-order valence-corrected chi connectivity index (χ3v) is 2.76. The van der Waals surface area contributed by atoms with Gasteiger partial charge in [-0.1, -0.05) is 6.92 Å². The number of amides is 1. The fourth-order valence-electron chi connectivity index (χ4n) is 1.94. The summed E-state index contributed by atoms with van der Waals surface area (Å²) >= 11 is 0. The molecule has 15 heavy (non-hydrogen) atoms. The van der Waals surface area contributed by atoms with Crippen LogP contribution < -0.4 is 10.6 Å². The van der Waals surface area contributed by atoms with Gasteiger partial charge < -0.3 is 10.6 Å². The van der Waals surface area contributed by atoms with Crippen LogP contribution in [0.1, 0.15) is 19.0 Å². The first kappa shape index (κ1) is 10.2. The standard InChI is InChI=1S/C10H16N4O/c1-3-8-9(6-13(2)12-8)14-5-4-7(11)10(14)15/h6-7H,3-5,11H2,1-2H3. The van der Waals surface area contributed by atoms with E-state index in [1.165, 1.54) is 0 Å². The minimum atomic E-state index is -0.338. The van der Waals surface area contributed by atoms with E-state index in [-0.39, 0.29) is 11.9 Å². The number of hydrogen-bond acceptors (Lipinski definition) is 3. The van der Waals surface area contributed by atoms with Crippen molar-refractivity contribution in [1.82, 2.24) is 9.78 Å². The summed E-state index contributed by atoms with van der Waals surface area (Å²) in [4.78, 5) is 13.5. The lowest BCUT2D eigenvalue weighted by atomic mass is 10.2. The van der Waals surface area contributed by atoms with Crippen molar-refractivity contribution in [3.8, 4) is 0 Å². The smallest absolute Gasteiger partial charge is 0.244 e. The van der Waals surface area contributed by atoms with Gasteiger partial charge in [0.2, 0.25) is 5.91 Å². The molecule has 2 heterocycles. The summed E-state index contributed by atoms with van der Waals surface area (Å²) in [6.45, 7) is 2.74. The first-order valence-corrected chi connectivity index (χ1v) is 5.23. The van der Waals surface area contributed by atoms with Gasteiger partial charge in [0.05, 0.1) is 17.4 Å². The highest BCUT2D eigenvalue weighted by atomic mass is 16.2. The fraction of sp³-hybridized carbons (Fsp3) is 0.600. The average molecular weight is 208 g/mol. The summed E-state index contributed by atoms with van der Waals surface area (Å²) < 4.78 is 1.74. The molecule has 1 aromatic heterocycles. The molecule has 0 radical (unpaired) electrons. The summed E-state index contributed by atoms with van der Waals surface area (Å²) in [5.74, 6) is 0.0118. The maximum atomic E-state index is 11.7. The molecule has 82 valence electrons. The molecule has 0 saturated carbocycles. The number of nitrogens with two attached hydrogens (primary N) is 1. The predicted molar refractivity (Wildman–Crippen MR) is 57.5 cm³/mol. The second kappa shape index (κ2) is 3.66. The van der Waals surface area contributed by atoms with Crippen molar-refractivity contribution in [3.63, 3.8) is 0 Å². The van der Waals surface area contributed by atoms with E-state index >= 15 is 0 Å². The molecule has 1 saturated heterocycles. The number of rotatable bonds is 2. The van der Waals surface area contributed by atoms with Crippen LogP contribution in [0.15, 0.2) is 6.20 Å². The second-order valence-corrected chi connectivity index (χ2v) is 3.87. The molecule has 1 fully saturated rings. The molecule has 1 atom stereocenters. The van der Waals surface area contributed by atoms with Gasteiger partial charge in [-0.15, -0.1) is 0 Å². The number of anilines is 1. The Morgan fingerprint density at radius 3 is 2.93 bits per heavy atom. The third-order valence-electron chi connectivity index (χ3n) is 2.76.